The summed E-state index contributed by atoms with van der Waals surface area (Å²) in [6, 6.07) is 9.88. The Hall–Kier alpha value is -2.18. The number of ether oxygens (including phenoxy) is 1. The summed E-state index contributed by atoms with van der Waals surface area (Å²) in [4.78, 5) is 17.6. The molecule has 0 spiro atoms. The van der Waals surface area contributed by atoms with Crippen LogP contribution in [0.2, 0.25) is 0 Å². The lowest BCUT2D eigenvalue weighted by molar-refractivity contribution is 0.0957. The van der Waals surface area contributed by atoms with E-state index in [1.165, 1.54) is 16.9 Å². The van der Waals surface area contributed by atoms with Crippen molar-refractivity contribution in [3.8, 4) is 16.3 Å². The molecule has 0 atom stereocenters. The molecule has 0 radical (unpaired) electrons. The van der Waals surface area contributed by atoms with Gasteiger partial charge < -0.3 is 10.1 Å². The summed E-state index contributed by atoms with van der Waals surface area (Å²) in [6.45, 7) is 5.11. The zero-order valence-electron chi connectivity index (χ0n) is 14.2. The van der Waals surface area contributed by atoms with E-state index in [0.717, 1.165) is 28.4 Å². The van der Waals surface area contributed by atoms with E-state index >= 15 is 0 Å². The van der Waals surface area contributed by atoms with E-state index in [1.807, 2.05) is 43.5 Å². The fourth-order valence-corrected chi connectivity index (χ4v) is 4.12. The Morgan fingerprint density at radius 3 is 2.72 bits per heavy atom. The van der Waals surface area contributed by atoms with Gasteiger partial charge in [-0.3, -0.25) is 4.79 Å². The molecule has 3 rings (SSSR count). The Labute approximate surface area is 155 Å². The number of carbonyl (C=O) groups is 1. The molecule has 0 saturated heterocycles. The molecule has 3 aromatic rings. The van der Waals surface area contributed by atoms with Gasteiger partial charge in [-0.15, -0.1) is 11.3 Å². The zero-order chi connectivity index (χ0) is 17.6. The minimum Gasteiger partial charge on any atom is -0.494 e. The monoisotopic (exact) mass is 372 g/mol. The maximum Gasteiger partial charge on any atom is 0.263 e. The zero-order valence-corrected chi connectivity index (χ0v) is 15.9. The van der Waals surface area contributed by atoms with Crippen molar-refractivity contribution in [3.63, 3.8) is 0 Å². The number of thiazole rings is 1. The van der Waals surface area contributed by atoms with Gasteiger partial charge in [-0.2, -0.15) is 11.3 Å². The predicted octanol–water partition coefficient (Wildman–Crippen LogP) is 4.55. The third-order valence-corrected chi connectivity index (χ3v) is 5.63. The van der Waals surface area contributed by atoms with Crippen LogP contribution in [0.4, 0.5) is 0 Å². The molecule has 0 aliphatic rings. The van der Waals surface area contributed by atoms with E-state index in [2.05, 4.69) is 21.7 Å². The molecule has 130 valence electrons. The fraction of sp³-hybridized carbons (Fsp3) is 0.263. The lowest BCUT2D eigenvalue weighted by Crippen LogP contribution is -2.25. The summed E-state index contributed by atoms with van der Waals surface area (Å²) in [6.07, 6.45) is 0.846. The molecule has 0 aliphatic carbocycles. The number of nitrogens with one attached hydrogen (secondary N) is 1. The predicted molar refractivity (Wildman–Crippen MR) is 104 cm³/mol. The second-order valence-electron chi connectivity index (χ2n) is 5.53. The van der Waals surface area contributed by atoms with Gasteiger partial charge >= 0.3 is 0 Å². The van der Waals surface area contributed by atoms with Crippen molar-refractivity contribution in [1.82, 2.24) is 10.3 Å². The number of benzene rings is 1. The van der Waals surface area contributed by atoms with E-state index in [9.17, 15) is 4.79 Å². The van der Waals surface area contributed by atoms with E-state index in [4.69, 9.17) is 4.74 Å². The number of rotatable bonds is 7. The standard InChI is InChI=1S/C19H20N2O2S2/c1-3-23-16-6-4-15(5-7-16)19-21-13(2)17(25-19)18(22)20-10-8-14-9-11-24-12-14/h4-7,9,11-12H,3,8,10H2,1-2H3,(H,20,22). The lowest BCUT2D eigenvalue weighted by atomic mass is 10.2. The van der Waals surface area contributed by atoms with Gasteiger partial charge in [0.15, 0.2) is 0 Å². The molecule has 2 aromatic heterocycles. The highest BCUT2D eigenvalue weighted by Crippen LogP contribution is 2.29. The van der Waals surface area contributed by atoms with Crippen molar-refractivity contribution in [2.75, 3.05) is 13.2 Å². The van der Waals surface area contributed by atoms with Crippen LogP contribution in [-0.4, -0.2) is 24.0 Å². The molecule has 1 N–H and O–H groups in total. The van der Waals surface area contributed by atoms with Crippen molar-refractivity contribution in [1.29, 1.82) is 0 Å². The van der Waals surface area contributed by atoms with E-state index in [-0.39, 0.29) is 5.91 Å². The van der Waals surface area contributed by atoms with Crippen LogP contribution in [0.15, 0.2) is 41.1 Å². The van der Waals surface area contributed by atoms with Gasteiger partial charge in [0.05, 0.1) is 12.3 Å². The summed E-state index contributed by atoms with van der Waals surface area (Å²) in [7, 11) is 0. The summed E-state index contributed by atoms with van der Waals surface area (Å²) in [5, 5.41) is 7.99. The average molecular weight is 373 g/mol. The van der Waals surface area contributed by atoms with Gasteiger partial charge in [0.25, 0.3) is 5.91 Å². The van der Waals surface area contributed by atoms with Crippen LogP contribution in [0, 0.1) is 6.92 Å². The second kappa shape index (κ2) is 8.27. The van der Waals surface area contributed by atoms with Crippen molar-refractivity contribution in [2.45, 2.75) is 20.3 Å². The number of aryl methyl sites for hydroxylation is 1. The van der Waals surface area contributed by atoms with E-state index < -0.39 is 0 Å². The minimum absolute atomic E-state index is 0.0533. The highest BCUT2D eigenvalue weighted by molar-refractivity contribution is 7.17. The molecular weight excluding hydrogens is 352 g/mol. The maximum atomic E-state index is 12.4. The van der Waals surface area contributed by atoms with Crippen LogP contribution in [0.1, 0.15) is 27.9 Å². The first-order valence-corrected chi connectivity index (χ1v) is 9.93. The Balaban J connectivity index is 1.65. The molecule has 0 bridgehead atoms. The number of hydrogen-bond acceptors (Lipinski definition) is 5. The number of hydrogen-bond donors (Lipinski definition) is 1. The lowest BCUT2D eigenvalue weighted by Gasteiger charge is -2.03. The number of aromatic nitrogens is 1. The molecule has 4 nitrogen and oxygen atoms in total. The Morgan fingerprint density at radius 2 is 2.04 bits per heavy atom. The quantitative estimate of drug-likeness (QED) is 0.662. The molecule has 1 aromatic carbocycles. The van der Waals surface area contributed by atoms with Crippen LogP contribution >= 0.6 is 22.7 Å². The maximum absolute atomic E-state index is 12.4. The first-order valence-electron chi connectivity index (χ1n) is 8.17. The van der Waals surface area contributed by atoms with Gasteiger partial charge in [0.2, 0.25) is 0 Å². The Kier molecular flexibility index (Phi) is 5.83. The highest BCUT2D eigenvalue weighted by Gasteiger charge is 2.16. The van der Waals surface area contributed by atoms with Gasteiger partial charge in [0.1, 0.15) is 15.6 Å². The second-order valence-corrected chi connectivity index (χ2v) is 7.31. The SMILES string of the molecule is CCOc1ccc(-c2nc(C)c(C(=O)NCCc3ccsc3)s2)cc1. The van der Waals surface area contributed by atoms with Crippen molar-refractivity contribution in [2.24, 2.45) is 0 Å². The number of amides is 1. The molecule has 1 amide bonds. The van der Waals surface area contributed by atoms with Gasteiger partial charge in [-0.1, -0.05) is 0 Å². The first-order chi connectivity index (χ1) is 12.2. The number of carbonyl (C=O) groups excluding carboxylic acids is 1. The summed E-state index contributed by atoms with van der Waals surface area (Å²) in [5.41, 5.74) is 3.01. The Bertz CT molecular complexity index is 824. The smallest absolute Gasteiger partial charge is 0.263 e. The third kappa shape index (κ3) is 4.46. The highest BCUT2D eigenvalue weighted by atomic mass is 32.1. The number of thiophene rings is 1. The largest absolute Gasteiger partial charge is 0.494 e. The molecular formula is C19H20N2O2S2. The van der Waals surface area contributed by atoms with E-state index in [0.29, 0.717) is 18.0 Å². The summed E-state index contributed by atoms with van der Waals surface area (Å²) in [5.74, 6) is 0.786. The Morgan fingerprint density at radius 1 is 1.24 bits per heavy atom. The molecule has 6 heteroatoms. The number of nitrogens with zero attached hydrogens (tertiary/aromatic N) is 1. The normalized spacial score (nSPS) is 10.6. The van der Waals surface area contributed by atoms with Crippen molar-refractivity contribution in [3.05, 3.63) is 57.2 Å². The fourth-order valence-electron chi connectivity index (χ4n) is 2.43. The van der Waals surface area contributed by atoms with Crippen LogP contribution < -0.4 is 10.1 Å². The molecule has 25 heavy (non-hydrogen) atoms. The molecule has 0 saturated carbocycles. The summed E-state index contributed by atoms with van der Waals surface area (Å²) < 4.78 is 5.46. The molecule has 2 heterocycles. The van der Waals surface area contributed by atoms with E-state index in [1.54, 1.807) is 11.3 Å². The van der Waals surface area contributed by atoms with Crippen LogP contribution in [0.25, 0.3) is 10.6 Å². The first kappa shape index (κ1) is 17.6. The van der Waals surface area contributed by atoms with Crippen LogP contribution in [0.3, 0.4) is 0 Å². The molecule has 0 fully saturated rings. The minimum atomic E-state index is -0.0533. The van der Waals surface area contributed by atoms with Crippen molar-refractivity contribution < 1.29 is 9.53 Å². The van der Waals surface area contributed by atoms with Gasteiger partial charge in [-0.25, -0.2) is 4.98 Å². The average Bonchev–Trinajstić information content (AvgIpc) is 3.25. The van der Waals surface area contributed by atoms with Crippen LogP contribution in [-0.2, 0) is 6.42 Å². The van der Waals surface area contributed by atoms with Gasteiger partial charge in [0, 0.05) is 12.1 Å². The third-order valence-electron chi connectivity index (χ3n) is 3.69. The topological polar surface area (TPSA) is 51.2 Å². The molecule has 0 unspecified atom stereocenters. The van der Waals surface area contributed by atoms with Gasteiger partial charge in [-0.05, 0) is 66.9 Å². The summed E-state index contributed by atoms with van der Waals surface area (Å²) >= 11 is 3.10. The van der Waals surface area contributed by atoms with Crippen molar-refractivity contribution >= 4 is 28.6 Å². The molecule has 0 aliphatic heterocycles. The van der Waals surface area contributed by atoms with Crippen LogP contribution in [0.5, 0.6) is 5.75 Å².